The summed E-state index contributed by atoms with van der Waals surface area (Å²) in [6, 6.07) is 12.5. The van der Waals surface area contributed by atoms with Crippen molar-refractivity contribution in [3.05, 3.63) is 66.5 Å². The molecule has 8 rings (SSSR count). The number of likely N-dealkylation sites (tertiary alicyclic amines) is 1. The van der Waals surface area contributed by atoms with Crippen LogP contribution in [0, 0.1) is 23.2 Å². The Hall–Kier alpha value is -3.99. The van der Waals surface area contributed by atoms with E-state index >= 15 is 0 Å². The molecule has 5 aliphatic rings. The van der Waals surface area contributed by atoms with Crippen molar-refractivity contribution in [3.8, 4) is 0 Å². The zero-order valence-corrected chi connectivity index (χ0v) is 24.4. The minimum Gasteiger partial charge on any atom is -0.342 e. The van der Waals surface area contributed by atoms with Crippen molar-refractivity contribution >= 4 is 44.3 Å². The van der Waals surface area contributed by atoms with Crippen LogP contribution >= 0.6 is 0 Å². The standard InChI is InChI=1S/C32H33N5O5S/c38-29-26(14-19-4-6-23(7-5-19)35-43(41,42)27-3-1-2-20-18-33-11-8-25(20)27)37(31(40)34-29)24-9-12-36(13-10-24)30(39)32-16-21-15-22(17-32)28(21)32/h1-8,11,18,21-22,24,26,28,35H,9-10,12-17H2,(H,34,38,40). The number of hydrogen-bond donors (Lipinski definition) is 2. The number of sulfonamides is 1. The van der Waals surface area contributed by atoms with E-state index in [0.29, 0.717) is 55.3 Å². The Bertz CT molecular complexity index is 1750. The number of carbonyl (C=O) groups is 3. The molecule has 1 aromatic heterocycles. The van der Waals surface area contributed by atoms with Crippen LogP contribution in [0.2, 0.25) is 0 Å². The molecule has 2 N–H and O–H groups in total. The molecule has 2 aliphatic heterocycles. The van der Waals surface area contributed by atoms with Gasteiger partial charge in [-0.1, -0.05) is 24.3 Å². The number of benzene rings is 2. The van der Waals surface area contributed by atoms with E-state index in [9.17, 15) is 22.8 Å². The van der Waals surface area contributed by atoms with E-state index < -0.39 is 16.1 Å². The third-order valence-electron chi connectivity index (χ3n) is 10.8. The maximum Gasteiger partial charge on any atom is 0.325 e. The molecule has 3 atom stereocenters. The predicted molar refractivity (Wildman–Crippen MR) is 158 cm³/mol. The van der Waals surface area contributed by atoms with Crippen LogP contribution in [0.4, 0.5) is 10.5 Å². The van der Waals surface area contributed by atoms with Crippen molar-refractivity contribution in [3.63, 3.8) is 0 Å². The molecular formula is C32H33N5O5S. The molecule has 0 spiro atoms. The number of amides is 4. The van der Waals surface area contributed by atoms with E-state index in [0.717, 1.165) is 35.6 Å². The van der Waals surface area contributed by atoms with Crippen LogP contribution in [0.3, 0.4) is 0 Å². The highest BCUT2D eigenvalue weighted by Crippen LogP contribution is 2.77. The zero-order chi connectivity index (χ0) is 29.5. The fraction of sp³-hybridized carbons (Fsp3) is 0.438. The van der Waals surface area contributed by atoms with Crippen molar-refractivity contribution in [2.75, 3.05) is 17.8 Å². The van der Waals surface area contributed by atoms with Crippen LogP contribution in [0.5, 0.6) is 0 Å². The molecule has 3 saturated carbocycles. The number of nitrogens with zero attached hydrogens (tertiary/aromatic N) is 3. The van der Waals surface area contributed by atoms with E-state index in [1.807, 2.05) is 11.0 Å². The van der Waals surface area contributed by atoms with E-state index in [4.69, 9.17) is 0 Å². The Kier molecular flexibility index (Phi) is 5.89. The fourth-order valence-electron chi connectivity index (χ4n) is 8.75. The predicted octanol–water partition coefficient (Wildman–Crippen LogP) is 3.54. The van der Waals surface area contributed by atoms with Gasteiger partial charge in [-0.05, 0) is 79.7 Å². The van der Waals surface area contributed by atoms with Crippen molar-refractivity contribution in [2.24, 2.45) is 23.2 Å². The highest BCUT2D eigenvalue weighted by Gasteiger charge is 2.75. The number of nitrogens with one attached hydrogen (secondary N) is 2. The molecule has 5 fully saturated rings. The van der Waals surface area contributed by atoms with Gasteiger partial charge in [-0.25, -0.2) is 13.2 Å². The molecule has 3 aliphatic carbocycles. The quantitative estimate of drug-likeness (QED) is 0.400. The normalized spacial score (nSPS) is 29.8. The van der Waals surface area contributed by atoms with Gasteiger partial charge in [-0.2, -0.15) is 0 Å². The van der Waals surface area contributed by atoms with Crippen LogP contribution in [-0.4, -0.2) is 66.2 Å². The smallest absolute Gasteiger partial charge is 0.325 e. The van der Waals surface area contributed by atoms with Crippen molar-refractivity contribution in [2.45, 2.75) is 55.5 Å². The van der Waals surface area contributed by atoms with Gasteiger partial charge in [0.1, 0.15) is 6.04 Å². The highest BCUT2D eigenvalue weighted by molar-refractivity contribution is 7.93. The monoisotopic (exact) mass is 599 g/mol. The maximum atomic E-state index is 13.4. The summed E-state index contributed by atoms with van der Waals surface area (Å²) >= 11 is 0. The average Bonchev–Trinajstić information content (AvgIpc) is 3.28. The molecule has 2 aromatic carbocycles. The third kappa shape index (κ3) is 4.07. The molecule has 10 nitrogen and oxygen atoms in total. The lowest BCUT2D eigenvalue weighted by atomic mass is 9.29. The van der Waals surface area contributed by atoms with E-state index in [1.54, 1.807) is 59.8 Å². The van der Waals surface area contributed by atoms with Gasteiger partial charge in [0.15, 0.2) is 0 Å². The Labute approximate surface area is 249 Å². The van der Waals surface area contributed by atoms with Crippen molar-refractivity contribution < 1.29 is 22.8 Å². The summed E-state index contributed by atoms with van der Waals surface area (Å²) in [6.45, 7) is 1.22. The summed E-state index contributed by atoms with van der Waals surface area (Å²) in [5.41, 5.74) is 1.12. The minimum atomic E-state index is -3.86. The molecule has 3 heterocycles. The summed E-state index contributed by atoms with van der Waals surface area (Å²) < 4.78 is 29.0. The number of anilines is 1. The summed E-state index contributed by atoms with van der Waals surface area (Å²) in [4.78, 5) is 47.0. The number of rotatable bonds is 7. The second-order valence-corrected chi connectivity index (χ2v) is 14.6. The largest absolute Gasteiger partial charge is 0.342 e. The van der Waals surface area contributed by atoms with E-state index in [1.165, 1.54) is 6.42 Å². The first-order chi connectivity index (χ1) is 20.7. The number of piperidine rings is 1. The van der Waals surface area contributed by atoms with Gasteiger partial charge in [0.25, 0.3) is 15.9 Å². The molecular weight excluding hydrogens is 566 g/mol. The van der Waals surface area contributed by atoms with Crippen LogP contribution in [0.1, 0.15) is 37.7 Å². The number of aromatic nitrogens is 1. The lowest BCUT2D eigenvalue weighted by Crippen LogP contribution is -2.74. The number of urea groups is 1. The van der Waals surface area contributed by atoms with Gasteiger partial charge in [-0.3, -0.25) is 24.6 Å². The fourth-order valence-corrected chi connectivity index (χ4v) is 10.0. The van der Waals surface area contributed by atoms with Crippen LogP contribution in [0.15, 0.2) is 65.8 Å². The number of hydrogen-bond acceptors (Lipinski definition) is 6. The van der Waals surface area contributed by atoms with E-state index in [2.05, 4.69) is 15.0 Å². The van der Waals surface area contributed by atoms with Crippen molar-refractivity contribution in [1.82, 2.24) is 20.1 Å². The van der Waals surface area contributed by atoms with Crippen LogP contribution in [-0.2, 0) is 26.0 Å². The Balaban J connectivity index is 0.924. The van der Waals surface area contributed by atoms with E-state index in [-0.39, 0.29) is 28.3 Å². The second kappa shape index (κ2) is 9.51. The average molecular weight is 600 g/mol. The van der Waals surface area contributed by atoms with Gasteiger partial charge in [0.05, 0.1) is 10.3 Å². The maximum absolute atomic E-state index is 13.4. The molecule has 222 valence electrons. The summed E-state index contributed by atoms with van der Waals surface area (Å²) in [5.74, 6) is 2.16. The van der Waals surface area contributed by atoms with Crippen LogP contribution in [0.25, 0.3) is 10.8 Å². The second-order valence-electron chi connectivity index (χ2n) is 12.9. The van der Waals surface area contributed by atoms with Crippen molar-refractivity contribution in [1.29, 1.82) is 0 Å². The Morgan fingerprint density at radius 1 is 1.02 bits per heavy atom. The van der Waals surface area contributed by atoms with Gasteiger partial charge in [0, 0.05) is 54.4 Å². The number of fused-ring (bicyclic) bond motifs is 1. The summed E-state index contributed by atoms with van der Waals surface area (Å²) in [5, 5.41) is 3.80. The first kappa shape index (κ1) is 26.6. The molecule has 11 heteroatoms. The lowest BCUT2D eigenvalue weighted by Gasteiger charge is -2.75. The molecule has 2 saturated heterocycles. The Morgan fingerprint density at radius 3 is 2.47 bits per heavy atom. The first-order valence-electron chi connectivity index (χ1n) is 15.1. The highest BCUT2D eigenvalue weighted by atomic mass is 32.2. The molecule has 0 bridgehead atoms. The molecule has 3 unspecified atom stereocenters. The van der Waals surface area contributed by atoms with Gasteiger partial charge < -0.3 is 9.80 Å². The Morgan fingerprint density at radius 2 is 1.77 bits per heavy atom. The minimum absolute atomic E-state index is 0.0867. The SMILES string of the molecule is O=C1NC(=O)N(C2CCN(C(=O)C34CC5CC(C3)C54)CC2)C1Cc1ccc(NS(=O)(=O)c2cccc3cnccc23)cc1. The number of carbonyl (C=O) groups excluding carboxylic acids is 3. The third-order valence-corrected chi connectivity index (χ3v) is 12.2. The summed E-state index contributed by atoms with van der Waals surface area (Å²) in [7, 11) is -3.86. The lowest BCUT2D eigenvalue weighted by molar-refractivity contribution is -0.264. The van der Waals surface area contributed by atoms with Gasteiger partial charge in [0.2, 0.25) is 5.91 Å². The first-order valence-corrected chi connectivity index (χ1v) is 16.6. The molecule has 0 radical (unpaired) electrons. The number of pyridine rings is 1. The molecule has 43 heavy (non-hydrogen) atoms. The summed E-state index contributed by atoms with van der Waals surface area (Å²) in [6.07, 6.45) is 8.23. The number of imide groups is 1. The zero-order valence-electron chi connectivity index (χ0n) is 23.6. The van der Waals surface area contributed by atoms with Gasteiger partial charge in [-0.15, -0.1) is 0 Å². The molecule has 3 aromatic rings. The topological polar surface area (TPSA) is 129 Å². The van der Waals surface area contributed by atoms with Gasteiger partial charge >= 0.3 is 6.03 Å². The molecule has 4 amide bonds. The van der Waals surface area contributed by atoms with Crippen LogP contribution < -0.4 is 10.0 Å².